The standard InChI is InChI=1S/C15H17ClN6O2/c1-24-13-11(16)7-19-15(21-13)20-10-4-5-22(8-10)14(23)12-3-2-9(17)6-18-12/h2-3,6-7,10H,4-5,8,17H2,1H3,(H,19,20,21)/t10-/m0/s1. The van der Waals surface area contributed by atoms with Crippen molar-refractivity contribution in [3.63, 3.8) is 0 Å². The van der Waals surface area contributed by atoms with Gasteiger partial charge in [-0.15, -0.1) is 0 Å². The summed E-state index contributed by atoms with van der Waals surface area (Å²) in [6.45, 7) is 1.17. The Labute approximate surface area is 144 Å². The molecule has 0 unspecified atom stereocenters. The number of ether oxygens (including phenoxy) is 1. The molecule has 3 rings (SSSR count). The number of nitrogen functional groups attached to an aromatic ring is 1. The number of hydrogen-bond donors (Lipinski definition) is 2. The van der Waals surface area contributed by atoms with Gasteiger partial charge in [-0.3, -0.25) is 4.79 Å². The van der Waals surface area contributed by atoms with Crippen molar-refractivity contribution in [1.29, 1.82) is 0 Å². The first-order valence-electron chi connectivity index (χ1n) is 7.40. The molecule has 0 aromatic carbocycles. The van der Waals surface area contributed by atoms with Gasteiger partial charge in [0.2, 0.25) is 11.8 Å². The second kappa shape index (κ2) is 6.88. The lowest BCUT2D eigenvalue weighted by atomic mass is 10.3. The van der Waals surface area contributed by atoms with Crippen LogP contribution in [0.5, 0.6) is 5.88 Å². The molecule has 3 N–H and O–H groups in total. The first-order chi connectivity index (χ1) is 11.6. The van der Waals surface area contributed by atoms with Crippen molar-refractivity contribution in [3.8, 4) is 5.88 Å². The van der Waals surface area contributed by atoms with Crippen LogP contribution in [0.25, 0.3) is 0 Å². The van der Waals surface area contributed by atoms with E-state index in [1.54, 1.807) is 17.0 Å². The highest BCUT2D eigenvalue weighted by atomic mass is 35.5. The Hall–Kier alpha value is -2.61. The maximum atomic E-state index is 12.4. The van der Waals surface area contributed by atoms with Crippen LogP contribution in [-0.2, 0) is 0 Å². The molecule has 0 aliphatic carbocycles. The predicted molar refractivity (Wildman–Crippen MR) is 90.2 cm³/mol. The molecule has 0 bridgehead atoms. The molecule has 3 heterocycles. The van der Waals surface area contributed by atoms with E-state index in [1.165, 1.54) is 19.5 Å². The van der Waals surface area contributed by atoms with Crippen LogP contribution in [-0.4, -0.2) is 52.0 Å². The van der Waals surface area contributed by atoms with E-state index in [2.05, 4.69) is 20.3 Å². The van der Waals surface area contributed by atoms with Gasteiger partial charge in [0.15, 0.2) is 0 Å². The van der Waals surface area contributed by atoms with Crippen LogP contribution in [0.15, 0.2) is 24.5 Å². The molecule has 1 aliphatic heterocycles. The van der Waals surface area contributed by atoms with E-state index in [0.717, 1.165) is 6.42 Å². The number of rotatable bonds is 4. The van der Waals surface area contributed by atoms with Gasteiger partial charge < -0.3 is 20.7 Å². The lowest BCUT2D eigenvalue weighted by Gasteiger charge is -2.17. The van der Waals surface area contributed by atoms with Gasteiger partial charge in [-0.05, 0) is 18.6 Å². The lowest BCUT2D eigenvalue weighted by Crippen LogP contribution is -2.32. The third kappa shape index (κ3) is 3.48. The van der Waals surface area contributed by atoms with Crippen molar-refractivity contribution < 1.29 is 9.53 Å². The highest BCUT2D eigenvalue weighted by Crippen LogP contribution is 2.22. The highest BCUT2D eigenvalue weighted by molar-refractivity contribution is 6.31. The molecule has 2 aromatic rings. The Balaban J connectivity index is 1.63. The van der Waals surface area contributed by atoms with E-state index < -0.39 is 0 Å². The minimum absolute atomic E-state index is 0.0496. The number of nitrogens with two attached hydrogens (primary N) is 1. The average molecular weight is 349 g/mol. The molecule has 1 fully saturated rings. The zero-order chi connectivity index (χ0) is 17.1. The molecule has 0 spiro atoms. The number of nitrogens with one attached hydrogen (secondary N) is 1. The fraction of sp³-hybridized carbons (Fsp3) is 0.333. The molecule has 9 heteroatoms. The van der Waals surface area contributed by atoms with Crippen molar-refractivity contribution in [1.82, 2.24) is 19.9 Å². The van der Waals surface area contributed by atoms with Gasteiger partial charge in [0.05, 0.1) is 25.2 Å². The molecule has 0 saturated carbocycles. The fourth-order valence-corrected chi connectivity index (χ4v) is 2.67. The number of halogens is 1. The van der Waals surface area contributed by atoms with Crippen LogP contribution >= 0.6 is 11.6 Å². The Morgan fingerprint density at radius 1 is 1.42 bits per heavy atom. The second-order valence-electron chi connectivity index (χ2n) is 5.41. The van der Waals surface area contributed by atoms with Gasteiger partial charge >= 0.3 is 0 Å². The summed E-state index contributed by atoms with van der Waals surface area (Å²) in [7, 11) is 1.49. The zero-order valence-electron chi connectivity index (χ0n) is 13.1. The molecule has 8 nitrogen and oxygen atoms in total. The van der Waals surface area contributed by atoms with Gasteiger partial charge in [-0.2, -0.15) is 4.98 Å². The molecule has 1 atom stereocenters. The van der Waals surface area contributed by atoms with Crippen molar-refractivity contribution >= 4 is 29.1 Å². The lowest BCUT2D eigenvalue weighted by molar-refractivity contribution is 0.0786. The number of nitrogens with zero attached hydrogens (tertiary/aromatic N) is 4. The summed E-state index contributed by atoms with van der Waals surface area (Å²) in [5.74, 6) is 0.612. The van der Waals surface area contributed by atoms with Crippen LogP contribution in [0, 0.1) is 0 Å². The number of likely N-dealkylation sites (tertiary alicyclic amines) is 1. The first kappa shape index (κ1) is 16.3. The summed E-state index contributed by atoms with van der Waals surface area (Å²) in [5, 5.41) is 3.54. The molecule has 0 radical (unpaired) electrons. The van der Waals surface area contributed by atoms with Crippen molar-refractivity contribution in [2.24, 2.45) is 0 Å². The minimum atomic E-state index is -0.117. The fourth-order valence-electron chi connectivity index (χ4n) is 2.50. The monoisotopic (exact) mass is 348 g/mol. The summed E-state index contributed by atoms with van der Waals surface area (Å²) >= 11 is 5.91. The molecule has 126 valence electrons. The topological polar surface area (TPSA) is 106 Å². The highest BCUT2D eigenvalue weighted by Gasteiger charge is 2.28. The third-order valence-electron chi connectivity index (χ3n) is 3.72. The number of aromatic nitrogens is 3. The average Bonchev–Trinajstić information content (AvgIpc) is 3.05. The Bertz CT molecular complexity index is 739. The van der Waals surface area contributed by atoms with Crippen LogP contribution in [0.3, 0.4) is 0 Å². The van der Waals surface area contributed by atoms with E-state index >= 15 is 0 Å². The van der Waals surface area contributed by atoms with E-state index in [1.807, 2.05) is 0 Å². The number of amides is 1. The summed E-state index contributed by atoms with van der Waals surface area (Å²) in [4.78, 5) is 26.5. The summed E-state index contributed by atoms with van der Waals surface area (Å²) in [6.07, 6.45) is 3.74. The van der Waals surface area contributed by atoms with E-state index in [4.69, 9.17) is 22.1 Å². The van der Waals surface area contributed by atoms with Crippen LogP contribution < -0.4 is 15.8 Å². The van der Waals surface area contributed by atoms with E-state index in [0.29, 0.717) is 41.3 Å². The maximum Gasteiger partial charge on any atom is 0.272 e. The molecule has 1 aliphatic rings. The number of anilines is 2. The number of hydrogen-bond acceptors (Lipinski definition) is 7. The smallest absolute Gasteiger partial charge is 0.272 e. The number of carbonyl (C=O) groups is 1. The quantitative estimate of drug-likeness (QED) is 0.861. The molecule has 1 saturated heterocycles. The molecule has 24 heavy (non-hydrogen) atoms. The molecular formula is C15H17ClN6O2. The van der Waals surface area contributed by atoms with Crippen LogP contribution in [0.1, 0.15) is 16.9 Å². The number of pyridine rings is 1. The largest absolute Gasteiger partial charge is 0.480 e. The molecule has 1 amide bonds. The predicted octanol–water partition coefficient (Wildman–Crippen LogP) is 1.44. The summed E-state index contributed by atoms with van der Waals surface area (Å²) in [5.41, 5.74) is 6.50. The van der Waals surface area contributed by atoms with Crippen molar-refractivity contribution in [3.05, 3.63) is 35.2 Å². The normalized spacial score (nSPS) is 16.9. The summed E-state index contributed by atoms with van der Waals surface area (Å²) in [6, 6.07) is 3.35. The third-order valence-corrected chi connectivity index (χ3v) is 3.98. The van der Waals surface area contributed by atoms with Gasteiger partial charge in [0.25, 0.3) is 5.91 Å². The molecular weight excluding hydrogens is 332 g/mol. The zero-order valence-corrected chi connectivity index (χ0v) is 13.8. The van der Waals surface area contributed by atoms with E-state index in [-0.39, 0.29) is 11.9 Å². The van der Waals surface area contributed by atoms with Crippen LogP contribution in [0.2, 0.25) is 5.02 Å². The second-order valence-corrected chi connectivity index (χ2v) is 5.82. The minimum Gasteiger partial charge on any atom is -0.480 e. The number of carbonyl (C=O) groups excluding carboxylic acids is 1. The summed E-state index contributed by atoms with van der Waals surface area (Å²) < 4.78 is 5.07. The Morgan fingerprint density at radius 3 is 2.96 bits per heavy atom. The van der Waals surface area contributed by atoms with Gasteiger partial charge in [-0.25, -0.2) is 9.97 Å². The van der Waals surface area contributed by atoms with E-state index in [9.17, 15) is 4.79 Å². The van der Waals surface area contributed by atoms with Gasteiger partial charge in [0.1, 0.15) is 10.7 Å². The Kier molecular flexibility index (Phi) is 4.66. The SMILES string of the molecule is COc1nc(N[C@H]2CCN(C(=O)c3ccc(N)cn3)C2)ncc1Cl. The first-order valence-corrected chi connectivity index (χ1v) is 7.78. The Morgan fingerprint density at radius 2 is 2.25 bits per heavy atom. The van der Waals surface area contributed by atoms with Crippen molar-refractivity contribution in [2.45, 2.75) is 12.5 Å². The van der Waals surface area contributed by atoms with Crippen molar-refractivity contribution in [2.75, 3.05) is 31.2 Å². The number of methoxy groups -OCH3 is 1. The van der Waals surface area contributed by atoms with Gasteiger partial charge in [-0.1, -0.05) is 11.6 Å². The molecule has 2 aromatic heterocycles. The van der Waals surface area contributed by atoms with Gasteiger partial charge in [0, 0.05) is 19.1 Å². The van der Waals surface area contributed by atoms with Crippen LogP contribution in [0.4, 0.5) is 11.6 Å². The maximum absolute atomic E-state index is 12.4.